The van der Waals surface area contributed by atoms with Gasteiger partial charge in [0, 0.05) is 25.9 Å². The number of aliphatic hydroxyl groups is 1. The Bertz CT molecular complexity index is 1330. The van der Waals surface area contributed by atoms with E-state index in [1.807, 2.05) is 20.8 Å². The van der Waals surface area contributed by atoms with E-state index in [1.54, 1.807) is 4.90 Å². The topological polar surface area (TPSA) is 83.9 Å². The van der Waals surface area contributed by atoms with Crippen LogP contribution in [0.5, 0.6) is 0 Å². The maximum Gasteiger partial charge on any atom is 0.410 e. The lowest BCUT2D eigenvalue weighted by atomic mass is 9.33. The van der Waals surface area contributed by atoms with Gasteiger partial charge in [0.2, 0.25) is 0 Å². The van der Waals surface area contributed by atoms with Gasteiger partial charge in [-0.1, -0.05) is 48.5 Å². The summed E-state index contributed by atoms with van der Waals surface area (Å²) in [4.78, 5) is 43.2. The van der Waals surface area contributed by atoms with Gasteiger partial charge >= 0.3 is 6.09 Å². The average Bonchev–Trinajstić information content (AvgIpc) is 3.28. The van der Waals surface area contributed by atoms with Crippen LogP contribution >= 0.6 is 0 Å². The molecule has 6 rings (SSSR count). The predicted molar refractivity (Wildman–Crippen MR) is 186 cm³/mol. The summed E-state index contributed by atoms with van der Waals surface area (Å²) in [5.41, 5.74) is 1.36. The molecule has 6 nitrogen and oxygen atoms in total. The van der Waals surface area contributed by atoms with Crippen LogP contribution in [0.25, 0.3) is 0 Å². The Morgan fingerprint density at radius 1 is 0.872 bits per heavy atom. The minimum atomic E-state index is -0.648. The third kappa shape index (κ3) is 5.22. The van der Waals surface area contributed by atoms with Crippen molar-refractivity contribution in [2.45, 2.75) is 158 Å². The van der Waals surface area contributed by atoms with Crippen molar-refractivity contribution in [3.63, 3.8) is 0 Å². The lowest BCUT2D eigenvalue weighted by molar-refractivity contribution is -0.228. The normalized spacial score (nSPS) is 42.0. The fourth-order valence-corrected chi connectivity index (χ4v) is 13.1. The van der Waals surface area contributed by atoms with E-state index < -0.39 is 11.0 Å². The number of Topliss-reactive ketones (excluding diaryl/α,β-unsaturated/α-hetero) is 2. The molecule has 264 valence electrons. The molecule has 0 radical (unpaired) electrons. The Morgan fingerprint density at radius 3 is 2.15 bits per heavy atom. The first-order valence-electron chi connectivity index (χ1n) is 19.2. The van der Waals surface area contributed by atoms with E-state index in [4.69, 9.17) is 4.74 Å². The highest BCUT2D eigenvalue weighted by Crippen LogP contribution is 2.76. The van der Waals surface area contributed by atoms with Gasteiger partial charge in [0.25, 0.3) is 0 Å². The number of nitrogens with zero attached hydrogens (tertiary/aromatic N) is 1. The molecule has 1 amide bonds. The number of likely N-dealkylation sites (tertiary alicyclic amines) is 1. The van der Waals surface area contributed by atoms with Crippen molar-refractivity contribution < 1.29 is 24.2 Å². The fraction of sp³-hybridized carbons (Fsp3) is 0.878. The Balaban J connectivity index is 1.27. The summed E-state index contributed by atoms with van der Waals surface area (Å²) in [7, 11) is 0. The molecule has 6 heteroatoms. The Kier molecular flexibility index (Phi) is 8.54. The molecule has 1 aliphatic heterocycles. The minimum Gasteiger partial charge on any atom is -0.444 e. The molecule has 0 aromatic heterocycles. The molecular formula is C41H65NO5. The second-order valence-electron chi connectivity index (χ2n) is 19.7. The number of amides is 1. The number of hydrogen-bond acceptors (Lipinski definition) is 5. The smallest absolute Gasteiger partial charge is 0.410 e. The van der Waals surface area contributed by atoms with Gasteiger partial charge in [-0.2, -0.15) is 0 Å². The van der Waals surface area contributed by atoms with Gasteiger partial charge in [-0.05, 0) is 147 Å². The number of aliphatic hydroxyl groups excluding tert-OH is 1. The van der Waals surface area contributed by atoms with Crippen LogP contribution in [0.2, 0.25) is 0 Å². The van der Waals surface area contributed by atoms with E-state index in [2.05, 4.69) is 48.5 Å². The molecule has 1 heterocycles. The number of piperidine rings is 1. The SMILES string of the molecule is CC(C)C1=C2[C@H]3CC[C@@H]4[C@@]5(C)CC[C@H](O)C(C)(C)[C@@H]5CC[C@@]4(C)[C@]3(C)CC[C@@]2(C(=O)CC2CCN(C(=O)OC(C)(C)C)CC2)CC1=O. The Labute approximate surface area is 285 Å². The van der Waals surface area contributed by atoms with Crippen LogP contribution in [0, 0.1) is 56.7 Å². The Morgan fingerprint density at radius 2 is 1.53 bits per heavy atom. The van der Waals surface area contributed by atoms with E-state index in [1.165, 1.54) is 5.57 Å². The molecule has 0 bridgehead atoms. The van der Waals surface area contributed by atoms with Crippen LogP contribution in [0.1, 0.15) is 146 Å². The van der Waals surface area contributed by atoms with Crippen LogP contribution in [0.4, 0.5) is 4.79 Å². The highest BCUT2D eigenvalue weighted by molar-refractivity contribution is 6.07. The first kappa shape index (κ1) is 35.1. The van der Waals surface area contributed by atoms with Crippen LogP contribution in [-0.2, 0) is 14.3 Å². The number of carbonyl (C=O) groups is 3. The maximum atomic E-state index is 14.8. The molecule has 0 unspecified atom stereocenters. The Hall–Kier alpha value is -1.69. The van der Waals surface area contributed by atoms with Crippen LogP contribution in [0.15, 0.2) is 11.1 Å². The van der Waals surface area contributed by atoms with Crippen molar-refractivity contribution in [1.82, 2.24) is 4.90 Å². The number of carbonyl (C=O) groups excluding carboxylic acids is 3. The number of ketones is 2. The number of fused-ring (bicyclic) bond motifs is 7. The summed E-state index contributed by atoms with van der Waals surface area (Å²) in [5, 5.41) is 11.1. The summed E-state index contributed by atoms with van der Waals surface area (Å²) in [6.07, 6.45) is 10.3. The lowest BCUT2D eigenvalue weighted by Gasteiger charge is -2.72. The first-order valence-corrected chi connectivity index (χ1v) is 19.2. The summed E-state index contributed by atoms with van der Waals surface area (Å²) >= 11 is 0. The summed E-state index contributed by atoms with van der Waals surface area (Å²) < 4.78 is 5.61. The highest BCUT2D eigenvalue weighted by atomic mass is 16.6. The third-order valence-electron chi connectivity index (χ3n) is 15.7. The second kappa shape index (κ2) is 11.4. The fourth-order valence-electron chi connectivity index (χ4n) is 13.1. The molecule has 1 saturated heterocycles. The van der Waals surface area contributed by atoms with Crippen molar-refractivity contribution in [3.8, 4) is 0 Å². The van der Waals surface area contributed by atoms with Crippen LogP contribution in [0.3, 0.4) is 0 Å². The predicted octanol–water partition coefficient (Wildman–Crippen LogP) is 8.93. The van der Waals surface area contributed by atoms with Gasteiger partial charge in [0.1, 0.15) is 11.4 Å². The molecule has 0 aromatic carbocycles. The third-order valence-corrected chi connectivity index (χ3v) is 15.7. The second-order valence-corrected chi connectivity index (χ2v) is 19.7. The van der Waals surface area contributed by atoms with E-state index in [9.17, 15) is 19.5 Å². The molecule has 1 N–H and O–H groups in total. The molecular weight excluding hydrogens is 586 g/mol. The zero-order valence-corrected chi connectivity index (χ0v) is 31.4. The van der Waals surface area contributed by atoms with Crippen molar-refractivity contribution in [3.05, 3.63) is 11.1 Å². The van der Waals surface area contributed by atoms with Gasteiger partial charge in [-0.15, -0.1) is 0 Å². The van der Waals surface area contributed by atoms with Gasteiger partial charge in [0.15, 0.2) is 5.78 Å². The maximum absolute atomic E-state index is 14.8. The molecule has 5 aliphatic carbocycles. The van der Waals surface area contributed by atoms with Gasteiger partial charge in [-0.3, -0.25) is 9.59 Å². The molecule has 47 heavy (non-hydrogen) atoms. The van der Waals surface area contributed by atoms with Gasteiger partial charge in [-0.25, -0.2) is 4.79 Å². The average molecular weight is 652 g/mol. The quantitative estimate of drug-likeness (QED) is 0.328. The number of ether oxygens (including phenoxy) is 1. The van der Waals surface area contributed by atoms with E-state index in [0.29, 0.717) is 43.6 Å². The van der Waals surface area contributed by atoms with Crippen LogP contribution < -0.4 is 0 Å². The zero-order valence-electron chi connectivity index (χ0n) is 31.4. The van der Waals surface area contributed by atoms with E-state index in [0.717, 1.165) is 69.8 Å². The zero-order chi connectivity index (χ0) is 34.5. The monoisotopic (exact) mass is 651 g/mol. The first-order chi connectivity index (χ1) is 21.7. The molecule has 5 fully saturated rings. The standard InChI is InChI=1S/C41H65NO5/c1-25(2)33-28(43)24-41(32(45)23-26-15-21-42(22-16-26)35(46)47-36(3,4)5)20-19-39(9)27(34(33)41)11-12-30-38(8)17-14-31(44)37(6,7)29(38)13-18-40(30,39)10/h25-27,29-31,44H,11-24H2,1-10H3/t27-,29+,30-,31+,38+,39-,40-,41+/m1/s1. The molecule has 4 saturated carbocycles. The van der Waals surface area contributed by atoms with Crippen LogP contribution in [-0.4, -0.2) is 52.5 Å². The van der Waals surface area contributed by atoms with Crippen molar-refractivity contribution >= 4 is 17.7 Å². The minimum absolute atomic E-state index is 0.0345. The molecule has 6 aliphatic rings. The highest BCUT2D eigenvalue weighted by Gasteiger charge is 2.70. The van der Waals surface area contributed by atoms with Crippen molar-refractivity contribution in [1.29, 1.82) is 0 Å². The van der Waals surface area contributed by atoms with Gasteiger partial charge in [0.05, 0.1) is 11.5 Å². The number of rotatable bonds is 4. The molecule has 0 spiro atoms. The van der Waals surface area contributed by atoms with E-state index in [-0.39, 0.29) is 57.4 Å². The largest absolute Gasteiger partial charge is 0.444 e. The number of allylic oxidation sites excluding steroid dienone is 2. The summed E-state index contributed by atoms with van der Waals surface area (Å²) in [6, 6.07) is 0. The molecule has 8 atom stereocenters. The molecule has 0 aromatic rings. The van der Waals surface area contributed by atoms with Gasteiger partial charge < -0.3 is 14.7 Å². The van der Waals surface area contributed by atoms with Crippen molar-refractivity contribution in [2.75, 3.05) is 13.1 Å². The van der Waals surface area contributed by atoms with Crippen molar-refractivity contribution in [2.24, 2.45) is 56.7 Å². The summed E-state index contributed by atoms with van der Waals surface area (Å²) in [6.45, 7) is 23.5. The number of hydrogen-bond donors (Lipinski definition) is 1. The lowest BCUT2D eigenvalue weighted by Crippen LogP contribution is -2.65. The summed E-state index contributed by atoms with van der Waals surface area (Å²) in [5.74, 6) is 2.23. The van der Waals surface area contributed by atoms with E-state index >= 15 is 0 Å².